The van der Waals surface area contributed by atoms with Crippen molar-refractivity contribution in [3.05, 3.63) is 58.7 Å². The fourth-order valence-corrected chi connectivity index (χ4v) is 4.78. The first kappa shape index (κ1) is 16.6. The highest BCUT2D eigenvalue weighted by Gasteiger charge is 2.29. The first-order valence-corrected chi connectivity index (χ1v) is 9.64. The summed E-state index contributed by atoms with van der Waals surface area (Å²) in [4.78, 5) is 13.5. The van der Waals surface area contributed by atoms with Crippen molar-refractivity contribution < 1.29 is 9.90 Å². The molecule has 2 aliphatic carbocycles. The van der Waals surface area contributed by atoms with Crippen LogP contribution < -0.4 is 0 Å². The lowest BCUT2D eigenvalue weighted by Crippen LogP contribution is -2.25. The van der Waals surface area contributed by atoms with Gasteiger partial charge in [0.25, 0.3) is 0 Å². The van der Waals surface area contributed by atoms with E-state index >= 15 is 0 Å². The zero-order valence-electron chi connectivity index (χ0n) is 14.8. The molecule has 3 aliphatic rings. The van der Waals surface area contributed by atoms with Gasteiger partial charge in [-0.2, -0.15) is 0 Å². The van der Waals surface area contributed by atoms with Crippen LogP contribution in [0.3, 0.4) is 0 Å². The van der Waals surface area contributed by atoms with Crippen molar-refractivity contribution in [2.75, 3.05) is 19.6 Å². The Hall–Kier alpha value is -1.87. The minimum atomic E-state index is -0.633. The average Bonchev–Trinajstić information content (AvgIpc) is 3.10. The van der Waals surface area contributed by atoms with Gasteiger partial charge in [-0.05, 0) is 68.3 Å². The Kier molecular flexibility index (Phi) is 4.76. The Bertz CT molecular complexity index is 718. The second-order valence-electron chi connectivity index (χ2n) is 7.69. The average molecular weight is 337 g/mol. The van der Waals surface area contributed by atoms with Crippen molar-refractivity contribution in [3.63, 3.8) is 0 Å². The number of nitrogens with zero attached hydrogens (tertiary/aromatic N) is 1. The van der Waals surface area contributed by atoms with Crippen LogP contribution >= 0.6 is 0 Å². The lowest BCUT2D eigenvalue weighted by molar-refractivity contribution is -0.141. The lowest BCUT2D eigenvalue weighted by atomic mass is 9.73. The Morgan fingerprint density at radius 3 is 3.00 bits per heavy atom. The van der Waals surface area contributed by atoms with Crippen LogP contribution in [-0.4, -0.2) is 35.6 Å². The molecule has 3 heteroatoms. The molecule has 0 spiro atoms. The maximum atomic E-state index is 11.1. The zero-order chi connectivity index (χ0) is 17.2. The highest BCUT2D eigenvalue weighted by molar-refractivity contribution is 5.70. The first-order valence-electron chi connectivity index (χ1n) is 9.64. The van der Waals surface area contributed by atoms with Crippen molar-refractivity contribution in [2.45, 2.75) is 44.4 Å². The largest absolute Gasteiger partial charge is 0.481 e. The van der Waals surface area contributed by atoms with Gasteiger partial charge in [0, 0.05) is 12.5 Å². The number of likely N-dealkylation sites (tertiary alicyclic amines) is 1. The summed E-state index contributed by atoms with van der Waals surface area (Å²) >= 11 is 0. The number of hydrogen-bond donors (Lipinski definition) is 1. The summed E-state index contributed by atoms with van der Waals surface area (Å²) in [5.74, 6) is -0.272. The molecule has 1 aliphatic heterocycles. The third kappa shape index (κ3) is 3.43. The van der Waals surface area contributed by atoms with Crippen molar-refractivity contribution in [1.29, 1.82) is 0 Å². The van der Waals surface area contributed by atoms with Gasteiger partial charge >= 0.3 is 5.97 Å². The Balaban J connectivity index is 1.43. The van der Waals surface area contributed by atoms with Gasteiger partial charge in [-0.25, -0.2) is 0 Å². The zero-order valence-corrected chi connectivity index (χ0v) is 14.8. The van der Waals surface area contributed by atoms with E-state index in [1.54, 1.807) is 11.1 Å². The Morgan fingerprint density at radius 2 is 2.16 bits per heavy atom. The summed E-state index contributed by atoms with van der Waals surface area (Å²) in [5, 5.41) is 9.16. The number of rotatable bonds is 5. The maximum absolute atomic E-state index is 11.1. The van der Waals surface area contributed by atoms with Crippen molar-refractivity contribution in [3.8, 4) is 0 Å². The molecule has 0 saturated carbocycles. The predicted octanol–water partition coefficient (Wildman–Crippen LogP) is 4.16. The lowest BCUT2D eigenvalue weighted by Gasteiger charge is -2.32. The van der Waals surface area contributed by atoms with Gasteiger partial charge in [-0.3, -0.25) is 4.79 Å². The van der Waals surface area contributed by atoms with Crippen molar-refractivity contribution in [1.82, 2.24) is 4.90 Å². The molecule has 0 bridgehead atoms. The quantitative estimate of drug-likeness (QED) is 0.877. The topological polar surface area (TPSA) is 40.5 Å². The Labute approximate surface area is 150 Å². The highest BCUT2D eigenvalue weighted by atomic mass is 16.4. The van der Waals surface area contributed by atoms with E-state index in [0.717, 1.165) is 45.3 Å². The molecule has 25 heavy (non-hydrogen) atoms. The molecule has 2 unspecified atom stereocenters. The summed E-state index contributed by atoms with van der Waals surface area (Å²) < 4.78 is 0. The van der Waals surface area contributed by atoms with Crippen LogP contribution in [0.5, 0.6) is 0 Å². The molecule has 1 aromatic carbocycles. The maximum Gasteiger partial charge on any atom is 0.307 e. The first-order chi connectivity index (χ1) is 12.2. The number of benzene rings is 1. The van der Waals surface area contributed by atoms with Crippen LogP contribution in [0.15, 0.2) is 47.6 Å². The van der Waals surface area contributed by atoms with Crippen LogP contribution in [0.25, 0.3) is 0 Å². The molecule has 1 saturated heterocycles. The van der Waals surface area contributed by atoms with Gasteiger partial charge in [0.1, 0.15) is 0 Å². The highest BCUT2D eigenvalue weighted by Crippen LogP contribution is 2.42. The molecule has 1 heterocycles. The molecule has 4 rings (SSSR count). The molecular formula is C22H27NO2. The number of carboxylic acid groups (broad SMARTS) is 1. The van der Waals surface area contributed by atoms with Crippen molar-refractivity contribution >= 4 is 5.97 Å². The van der Waals surface area contributed by atoms with E-state index in [0.29, 0.717) is 5.92 Å². The van der Waals surface area contributed by atoms with Gasteiger partial charge in [-0.15, -0.1) is 0 Å². The number of allylic oxidation sites excluding steroid dienone is 4. The van der Waals surface area contributed by atoms with Gasteiger partial charge in [-0.1, -0.05) is 42.0 Å². The smallest absolute Gasteiger partial charge is 0.307 e. The number of fused-ring (bicyclic) bond motifs is 1. The Morgan fingerprint density at radius 1 is 1.28 bits per heavy atom. The van der Waals surface area contributed by atoms with Crippen LogP contribution in [-0.2, 0) is 11.2 Å². The van der Waals surface area contributed by atoms with Gasteiger partial charge in [0.15, 0.2) is 0 Å². The van der Waals surface area contributed by atoms with E-state index in [1.807, 2.05) is 0 Å². The van der Waals surface area contributed by atoms with Crippen LogP contribution in [0.2, 0.25) is 0 Å². The van der Waals surface area contributed by atoms with E-state index in [9.17, 15) is 4.79 Å². The molecule has 2 atom stereocenters. The minimum absolute atomic E-state index is 0.161. The van der Waals surface area contributed by atoms with Gasteiger partial charge in [0.05, 0.1) is 5.92 Å². The van der Waals surface area contributed by atoms with Crippen LogP contribution in [0.4, 0.5) is 0 Å². The molecule has 1 N–H and O–H groups in total. The number of hydrogen-bond acceptors (Lipinski definition) is 2. The molecule has 0 radical (unpaired) electrons. The standard InChI is InChI=1S/C22H27NO2/c24-22(25)18-11-13-23(15-18)12-5-10-21-19-8-3-1-6-16(19)14-17-7-2-4-9-20(17)21/h1,3-4,6,8-9,18,21H,2,5,7,10-15H2,(H,24,25). The number of carboxylic acids is 1. The van der Waals surface area contributed by atoms with Crippen molar-refractivity contribution in [2.24, 2.45) is 5.92 Å². The third-order valence-electron chi connectivity index (χ3n) is 6.12. The number of carbonyl (C=O) groups is 1. The third-order valence-corrected chi connectivity index (χ3v) is 6.12. The molecule has 1 fully saturated rings. The van der Waals surface area contributed by atoms with Gasteiger partial charge < -0.3 is 10.0 Å². The summed E-state index contributed by atoms with van der Waals surface area (Å²) in [6.07, 6.45) is 11.3. The van der Waals surface area contributed by atoms with Crippen LogP contribution in [0.1, 0.15) is 49.1 Å². The number of aliphatic carboxylic acids is 1. The summed E-state index contributed by atoms with van der Waals surface area (Å²) in [6, 6.07) is 8.93. The molecule has 132 valence electrons. The normalized spacial score (nSPS) is 25.8. The summed E-state index contributed by atoms with van der Waals surface area (Å²) in [7, 11) is 0. The molecule has 0 aromatic heterocycles. The molecular weight excluding hydrogens is 310 g/mol. The van der Waals surface area contributed by atoms with E-state index in [4.69, 9.17) is 5.11 Å². The second kappa shape index (κ2) is 7.17. The van der Waals surface area contributed by atoms with Gasteiger partial charge in [0.2, 0.25) is 0 Å². The summed E-state index contributed by atoms with van der Waals surface area (Å²) in [6.45, 7) is 2.69. The van der Waals surface area contributed by atoms with Crippen LogP contribution in [0, 0.1) is 5.92 Å². The van der Waals surface area contributed by atoms with E-state index in [-0.39, 0.29) is 5.92 Å². The SMILES string of the molecule is O=C(O)C1CCN(CCCC2C3=C(CCC=C3)Cc3ccccc32)C1. The molecule has 3 nitrogen and oxygen atoms in total. The molecule has 1 aromatic rings. The fraction of sp³-hybridized carbons (Fsp3) is 0.500. The van der Waals surface area contributed by atoms with E-state index in [2.05, 4.69) is 41.3 Å². The monoisotopic (exact) mass is 337 g/mol. The van der Waals surface area contributed by atoms with E-state index in [1.165, 1.54) is 24.0 Å². The second-order valence-corrected chi connectivity index (χ2v) is 7.69. The summed E-state index contributed by atoms with van der Waals surface area (Å²) in [5.41, 5.74) is 6.22. The van der Waals surface area contributed by atoms with E-state index < -0.39 is 5.97 Å². The minimum Gasteiger partial charge on any atom is -0.481 e. The fourth-order valence-electron chi connectivity index (χ4n) is 4.78. The predicted molar refractivity (Wildman–Crippen MR) is 99.7 cm³/mol. The molecule has 0 amide bonds.